The van der Waals surface area contributed by atoms with Crippen LogP contribution in [-0.4, -0.2) is 13.2 Å². The Bertz CT molecular complexity index is 122. The number of hydrogen-bond donors (Lipinski definition) is 0. The van der Waals surface area contributed by atoms with E-state index in [4.69, 9.17) is 0 Å². The van der Waals surface area contributed by atoms with E-state index in [1.165, 1.54) is 0 Å². The van der Waals surface area contributed by atoms with Crippen molar-refractivity contribution < 1.29 is 11.2 Å². The molecular weight excluding hydrogens is 154 g/mol. The van der Waals surface area contributed by atoms with Gasteiger partial charge in [-0.05, 0) is 0 Å². The second-order valence-electron chi connectivity index (χ2n) is 0.642. The zero-order chi connectivity index (χ0) is 5.21. The molecule has 0 spiro atoms. The average molecular weight is 157 g/mol. The normalized spacial score (nSPS) is 10.8. The van der Waals surface area contributed by atoms with Gasteiger partial charge in [-0.25, -0.2) is 0 Å². The van der Waals surface area contributed by atoms with Crippen LogP contribution in [0.3, 0.4) is 0 Å². The number of rotatable bonds is 1. The van der Waals surface area contributed by atoms with Crippen LogP contribution < -0.4 is 0 Å². The summed E-state index contributed by atoms with van der Waals surface area (Å²) >= 11 is -5.01. The standard InChI is InChI=1S/C2H3FO2Se/c1-2-6(3,4)5/h2H,1H2. The molecule has 0 saturated carbocycles. The van der Waals surface area contributed by atoms with Crippen LogP contribution in [0.15, 0.2) is 11.6 Å². The minimum absolute atomic E-state index is 0.316. The predicted octanol–water partition coefficient (Wildman–Crippen LogP) is 0.481. The van der Waals surface area contributed by atoms with Crippen LogP contribution in [0.1, 0.15) is 0 Å². The summed E-state index contributed by atoms with van der Waals surface area (Å²) in [6.45, 7) is 2.70. The molecule has 0 amide bonds. The van der Waals surface area contributed by atoms with Gasteiger partial charge in [0.25, 0.3) is 0 Å². The molecule has 0 unspecified atom stereocenters. The Hall–Kier alpha value is -0.211. The molecule has 0 aliphatic carbocycles. The van der Waals surface area contributed by atoms with Crippen LogP contribution in [0, 0.1) is 0 Å². The van der Waals surface area contributed by atoms with Gasteiger partial charge in [-0.15, -0.1) is 0 Å². The molecule has 0 fully saturated rings. The molecule has 4 heteroatoms. The first-order chi connectivity index (χ1) is 2.56. The summed E-state index contributed by atoms with van der Waals surface area (Å²) in [5.41, 5.74) is 0. The molecule has 0 atom stereocenters. The van der Waals surface area contributed by atoms with E-state index in [0.717, 1.165) is 0 Å². The second-order valence-corrected chi connectivity index (χ2v) is 3.34. The third-order valence-corrected chi connectivity index (χ3v) is 1.03. The third-order valence-electron chi connectivity index (χ3n) is 0.199. The first kappa shape index (κ1) is 5.79. The molecule has 0 radical (unpaired) electrons. The molecule has 36 valence electrons. The summed E-state index contributed by atoms with van der Waals surface area (Å²) in [5.74, 6) is 0. The van der Waals surface area contributed by atoms with Crippen LogP contribution in [0.5, 0.6) is 0 Å². The molecule has 0 aromatic heterocycles. The fourth-order valence-electron chi connectivity index (χ4n) is 0. The topological polar surface area (TPSA) is 34.1 Å². The molecule has 0 heterocycles. The minimum atomic E-state index is -5.01. The average Bonchev–Trinajstić information content (AvgIpc) is 1.35. The quantitative estimate of drug-likeness (QED) is 0.518. The van der Waals surface area contributed by atoms with E-state index >= 15 is 0 Å². The van der Waals surface area contributed by atoms with Crippen LogP contribution in [0.4, 0.5) is 3.55 Å². The maximum absolute atomic E-state index is 11.0. The van der Waals surface area contributed by atoms with Crippen molar-refractivity contribution in [1.82, 2.24) is 0 Å². The first-order valence-corrected chi connectivity index (χ1v) is 4.17. The molecule has 0 aliphatic heterocycles. The Labute approximate surface area is 36.8 Å². The third kappa shape index (κ3) is 3.79. The van der Waals surface area contributed by atoms with E-state index in [-0.39, 0.29) is 0 Å². The monoisotopic (exact) mass is 158 g/mol. The van der Waals surface area contributed by atoms with Gasteiger partial charge < -0.3 is 0 Å². The van der Waals surface area contributed by atoms with Gasteiger partial charge in [-0.3, -0.25) is 0 Å². The van der Waals surface area contributed by atoms with Crippen LogP contribution in [-0.2, 0) is 7.67 Å². The van der Waals surface area contributed by atoms with E-state index < -0.39 is 13.2 Å². The summed E-state index contributed by atoms with van der Waals surface area (Å²) in [6, 6.07) is 0. The van der Waals surface area contributed by atoms with Crippen LogP contribution >= 0.6 is 0 Å². The summed E-state index contributed by atoms with van der Waals surface area (Å²) in [5, 5.41) is 0. The van der Waals surface area contributed by atoms with Crippen LogP contribution in [0.25, 0.3) is 0 Å². The predicted molar refractivity (Wildman–Crippen MR) is 18.4 cm³/mol. The van der Waals surface area contributed by atoms with Gasteiger partial charge in [0.15, 0.2) is 0 Å². The van der Waals surface area contributed by atoms with Crippen molar-refractivity contribution >= 4 is 13.2 Å². The van der Waals surface area contributed by atoms with Crippen LogP contribution in [0.2, 0.25) is 0 Å². The molecule has 0 aliphatic rings. The van der Waals surface area contributed by atoms with E-state index in [0.29, 0.717) is 4.97 Å². The summed E-state index contributed by atoms with van der Waals surface area (Å²) in [6.07, 6.45) is 0. The number of hydrogen-bond acceptors (Lipinski definition) is 2. The Balaban J connectivity index is 4.25. The fraction of sp³-hybridized carbons (Fsp3) is 0. The SMILES string of the molecule is C=C[Se](=O)(=O)F. The summed E-state index contributed by atoms with van der Waals surface area (Å²) in [7, 11) is 0. The van der Waals surface area contributed by atoms with Crippen molar-refractivity contribution in [3.05, 3.63) is 11.6 Å². The van der Waals surface area contributed by atoms with Gasteiger partial charge in [0.2, 0.25) is 0 Å². The Morgan fingerprint density at radius 2 is 1.83 bits per heavy atom. The van der Waals surface area contributed by atoms with Crippen molar-refractivity contribution in [2.45, 2.75) is 0 Å². The molecule has 2 nitrogen and oxygen atoms in total. The van der Waals surface area contributed by atoms with Crippen molar-refractivity contribution in [3.8, 4) is 0 Å². The van der Waals surface area contributed by atoms with Gasteiger partial charge in [0.05, 0.1) is 0 Å². The second kappa shape index (κ2) is 1.49. The molecule has 0 N–H and O–H groups in total. The van der Waals surface area contributed by atoms with Crippen molar-refractivity contribution in [2.75, 3.05) is 0 Å². The first-order valence-electron chi connectivity index (χ1n) is 1.13. The molecule has 0 saturated heterocycles. The van der Waals surface area contributed by atoms with Crippen molar-refractivity contribution in [2.24, 2.45) is 0 Å². The molecule has 6 heavy (non-hydrogen) atoms. The molecule has 0 aromatic carbocycles. The molecule has 0 rings (SSSR count). The van der Waals surface area contributed by atoms with Gasteiger partial charge in [0.1, 0.15) is 0 Å². The zero-order valence-corrected chi connectivity index (χ0v) is 4.60. The summed E-state index contributed by atoms with van der Waals surface area (Å²) < 4.78 is 29.6. The van der Waals surface area contributed by atoms with E-state index in [2.05, 4.69) is 6.58 Å². The molecule has 0 aromatic rings. The molecule has 0 bridgehead atoms. The van der Waals surface area contributed by atoms with Gasteiger partial charge in [0, 0.05) is 0 Å². The van der Waals surface area contributed by atoms with E-state index in [1.807, 2.05) is 0 Å². The van der Waals surface area contributed by atoms with E-state index in [1.54, 1.807) is 0 Å². The van der Waals surface area contributed by atoms with Gasteiger partial charge >= 0.3 is 35.9 Å². The molecular formula is C2H3FO2Se. The Morgan fingerprint density at radius 1 is 1.67 bits per heavy atom. The summed E-state index contributed by atoms with van der Waals surface area (Å²) in [4.78, 5) is 0.316. The maximum atomic E-state index is 11.0. The van der Waals surface area contributed by atoms with Crippen molar-refractivity contribution in [1.29, 1.82) is 0 Å². The van der Waals surface area contributed by atoms with Gasteiger partial charge in [-0.2, -0.15) is 0 Å². The van der Waals surface area contributed by atoms with Gasteiger partial charge in [-0.1, -0.05) is 0 Å². The Morgan fingerprint density at radius 3 is 1.83 bits per heavy atom. The van der Waals surface area contributed by atoms with Crippen molar-refractivity contribution in [3.63, 3.8) is 0 Å². The fourth-order valence-corrected chi connectivity index (χ4v) is 0. The Kier molecular flexibility index (Phi) is 1.44. The zero-order valence-electron chi connectivity index (χ0n) is 2.89. The number of halogens is 1. The van der Waals surface area contributed by atoms with E-state index in [9.17, 15) is 11.2 Å².